The van der Waals surface area contributed by atoms with E-state index in [9.17, 15) is 4.79 Å². The van der Waals surface area contributed by atoms with E-state index in [0.717, 1.165) is 29.8 Å². The third kappa shape index (κ3) is 4.24. The molecule has 0 atom stereocenters. The molecule has 3 heterocycles. The first-order valence-electron chi connectivity index (χ1n) is 9.78. The zero-order chi connectivity index (χ0) is 19.3. The van der Waals surface area contributed by atoms with Crippen LogP contribution in [0.25, 0.3) is 10.9 Å². The molecule has 1 aromatic carbocycles. The van der Waals surface area contributed by atoms with Gasteiger partial charge in [0, 0.05) is 30.1 Å². The molecule has 0 unspecified atom stereocenters. The molecule has 1 aliphatic rings. The quantitative estimate of drug-likeness (QED) is 0.643. The number of hydrogen-bond donors (Lipinski definition) is 2. The topological polar surface area (TPSA) is 83.1 Å². The Morgan fingerprint density at radius 2 is 2.00 bits per heavy atom. The molecular formula is C21H25N5O2. The van der Waals surface area contributed by atoms with Crippen molar-refractivity contribution in [2.45, 2.75) is 26.2 Å². The first-order chi connectivity index (χ1) is 13.7. The summed E-state index contributed by atoms with van der Waals surface area (Å²) in [5.74, 6) is 2.02. The van der Waals surface area contributed by atoms with Crippen LogP contribution in [0.4, 0.5) is 5.82 Å². The molecule has 0 bridgehead atoms. The minimum Gasteiger partial charge on any atom is -0.476 e. The van der Waals surface area contributed by atoms with Gasteiger partial charge in [0.05, 0.1) is 6.54 Å². The molecule has 0 radical (unpaired) electrons. The Hall–Kier alpha value is -3.09. The monoisotopic (exact) mass is 379 g/mol. The minimum absolute atomic E-state index is 0.146. The number of aromatic amines is 1. The number of hydrogen-bond acceptors (Lipinski definition) is 5. The summed E-state index contributed by atoms with van der Waals surface area (Å²) in [6.45, 7) is 4.67. The van der Waals surface area contributed by atoms with Crippen molar-refractivity contribution in [2.24, 2.45) is 0 Å². The number of rotatable bonds is 6. The Bertz CT molecular complexity index is 929. The summed E-state index contributed by atoms with van der Waals surface area (Å²) in [6, 6.07) is 11.6. The number of para-hydroxylation sites is 1. The fourth-order valence-corrected chi connectivity index (χ4v) is 3.50. The molecule has 7 nitrogen and oxygen atoms in total. The molecule has 2 N–H and O–H groups in total. The second kappa shape index (κ2) is 8.29. The molecule has 0 aliphatic carbocycles. The zero-order valence-electron chi connectivity index (χ0n) is 16.1. The Kier molecular flexibility index (Phi) is 5.41. The fourth-order valence-electron chi connectivity index (χ4n) is 3.50. The summed E-state index contributed by atoms with van der Waals surface area (Å²) >= 11 is 0. The Balaban J connectivity index is 1.31. The van der Waals surface area contributed by atoms with Crippen LogP contribution in [-0.2, 0) is 0 Å². The summed E-state index contributed by atoms with van der Waals surface area (Å²) in [4.78, 5) is 26.6. The molecule has 0 saturated carbocycles. The van der Waals surface area contributed by atoms with Crippen LogP contribution >= 0.6 is 0 Å². The van der Waals surface area contributed by atoms with Gasteiger partial charge in [-0.25, -0.2) is 4.98 Å². The van der Waals surface area contributed by atoms with E-state index >= 15 is 0 Å². The number of benzene rings is 1. The van der Waals surface area contributed by atoms with Crippen molar-refractivity contribution in [3.8, 4) is 5.88 Å². The molecule has 4 rings (SSSR count). The number of ether oxygens (including phenoxy) is 1. The van der Waals surface area contributed by atoms with Gasteiger partial charge in [0.2, 0.25) is 5.88 Å². The van der Waals surface area contributed by atoms with Gasteiger partial charge in [-0.05, 0) is 38.3 Å². The summed E-state index contributed by atoms with van der Waals surface area (Å²) in [6.07, 6.45) is 3.66. The lowest BCUT2D eigenvalue weighted by molar-refractivity contribution is 0.0942. The van der Waals surface area contributed by atoms with Crippen molar-refractivity contribution in [3.63, 3.8) is 0 Å². The maximum Gasteiger partial charge on any atom is 0.267 e. The van der Waals surface area contributed by atoms with Crippen LogP contribution in [0.5, 0.6) is 5.88 Å². The zero-order valence-corrected chi connectivity index (χ0v) is 16.1. The molecule has 7 heteroatoms. The average Bonchev–Trinajstić information content (AvgIpc) is 3.16. The van der Waals surface area contributed by atoms with Gasteiger partial charge in [0.25, 0.3) is 5.91 Å². The van der Waals surface area contributed by atoms with Gasteiger partial charge in [-0.2, -0.15) is 4.98 Å². The second-order valence-electron chi connectivity index (χ2n) is 7.03. The normalized spacial score (nSPS) is 14.2. The standard InChI is InChI=1S/C21H25N5O2/c1-15-23-19(26-10-5-2-6-11-26)14-20(24-15)28-12-9-22-21(27)18-13-16-7-3-4-8-17(16)25-18/h3-4,7-8,13-14,25H,2,5-6,9-12H2,1H3,(H,22,27). The highest BCUT2D eigenvalue weighted by molar-refractivity contribution is 5.97. The fraction of sp³-hybridized carbons (Fsp3) is 0.381. The first kappa shape index (κ1) is 18.3. The molecule has 0 spiro atoms. The van der Waals surface area contributed by atoms with E-state index in [4.69, 9.17) is 4.74 Å². The maximum absolute atomic E-state index is 12.3. The van der Waals surface area contributed by atoms with Crippen LogP contribution in [0, 0.1) is 6.92 Å². The van der Waals surface area contributed by atoms with E-state index in [1.807, 2.05) is 43.3 Å². The van der Waals surface area contributed by atoms with Crippen LogP contribution in [0.3, 0.4) is 0 Å². The SMILES string of the molecule is Cc1nc(OCCNC(=O)c2cc3ccccc3[nH]2)cc(N2CCCCC2)n1. The van der Waals surface area contributed by atoms with Crippen molar-refractivity contribution < 1.29 is 9.53 Å². The highest BCUT2D eigenvalue weighted by Gasteiger charge is 2.14. The van der Waals surface area contributed by atoms with Gasteiger partial charge in [-0.1, -0.05) is 18.2 Å². The van der Waals surface area contributed by atoms with Crippen LogP contribution in [0.2, 0.25) is 0 Å². The molecule has 1 saturated heterocycles. The number of aromatic nitrogens is 3. The number of fused-ring (bicyclic) bond motifs is 1. The summed E-state index contributed by atoms with van der Waals surface area (Å²) < 4.78 is 5.76. The Morgan fingerprint density at radius 3 is 2.82 bits per heavy atom. The van der Waals surface area contributed by atoms with Crippen molar-refractivity contribution in [2.75, 3.05) is 31.1 Å². The third-order valence-corrected chi connectivity index (χ3v) is 4.89. The maximum atomic E-state index is 12.3. The lowest BCUT2D eigenvalue weighted by Gasteiger charge is -2.28. The van der Waals surface area contributed by atoms with Crippen LogP contribution in [0.1, 0.15) is 35.6 Å². The van der Waals surface area contributed by atoms with Crippen molar-refractivity contribution in [3.05, 3.63) is 47.9 Å². The van der Waals surface area contributed by atoms with Crippen molar-refractivity contribution in [1.82, 2.24) is 20.3 Å². The highest BCUT2D eigenvalue weighted by atomic mass is 16.5. The number of H-pyrrole nitrogens is 1. The van der Waals surface area contributed by atoms with E-state index in [1.165, 1.54) is 19.3 Å². The number of aryl methyl sites for hydroxylation is 1. The molecule has 3 aromatic rings. The highest BCUT2D eigenvalue weighted by Crippen LogP contribution is 2.21. The number of piperidine rings is 1. The van der Waals surface area contributed by atoms with E-state index in [1.54, 1.807) is 0 Å². The predicted molar refractivity (Wildman–Crippen MR) is 109 cm³/mol. The summed E-state index contributed by atoms with van der Waals surface area (Å²) in [5, 5.41) is 3.89. The number of nitrogens with zero attached hydrogens (tertiary/aromatic N) is 3. The molecule has 1 amide bonds. The van der Waals surface area contributed by atoms with Gasteiger partial charge in [-0.15, -0.1) is 0 Å². The third-order valence-electron chi connectivity index (χ3n) is 4.89. The Labute approximate surface area is 164 Å². The predicted octanol–water partition coefficient (Wildman–Crippen LogP) is 3.07. The van der Waals surface area contributed by atoms with Gasteiger partial charge in [0.15, 0.2) is 0 Å². The van der Waals surface area contributed by atoms with Gasteiger partial charge in [0.1, 0.15) is 23.9 Å². The molecule has 28 heavy (non-hydrogen) atoms. The molecule has 1 aliphatic heterocycles. The smallest absolute Gasteiger partial charge is 0.267 e. The van der Waals surface area contributed by atoms with Gasteiger partial charge in [-0.3, -0.25) is 4.79 Å². The van der Waals surface area contributed by atoms with Crippen LogP contribution in [0.15, 0.2) is 36.4 Å². The minimum atomic E-state index is -0.146. The lowest BCUT2D eigenvalue weighted by Crippen LogP contribution is -2.30. The van der Waals surface area contributed by atoms with Crippen LogP contribution in [-0.4, -0.2) is 47.1 Å². The summed E-state index contributed by atoms with van der Waals surface area (Å²) in [7, 11) is 0. The molecule has 2 aromatic heterocycles. The van der Waals surface area contributed by atoms with Gasteiger partial charge >= 0.3 is 0 Å². The average molecular weight is 379 g/mol. The van der Waals surface area contributed by atoms with E-state index < -0.39 is 0 Å². The number of nitrogens with one attached hydrogen (secondary N) is 2. The van der Waals surface area contributed by atoms with E-state index in [0.29, 0.717) is 30.5 Å². The molecule has 1 fully saturated rings. The van der Waals surface area contributed by atoms with Crippen molar-refractivity contribution >= 4 is 22.6 Å². The summed E-state index contributed by atoms with van der Waals surface area (Å²) in [5.41, 5.74) is 1.50. The second-order valence-corrected chi connectivity index (χ2v) is 7.03. The largest absolute Gasteiger partial charge is 0.476 e. The number of carbonyl (C=O) groups is 1. The van der Waals surface area contributed by atoms with Gasteiger partial charge < -0.3 is 19.9 Å². The number of anilines is 1. The first-order valence-corrected chi connectivity index (χ1v) is 9.78. The molecular weight excluding hydrogens is 354 g/mol. The number of amides is 1. The van der Waals surface area contributed by atoms with Crippen LogP contribution < -0.4 is 15.0 Å². The van der Waals surface area contributed by atoms with Crippen molar-refractivity contribution in [1.29, 1.82) is 0 Å². The number of carbonyl (C=O) groups excluding carboxylic acids is 1. The van der Waals surface area contributed by atoms with E-state index in [-0.39, 0.29) is 5.91 Å². The lowest BCUT2D eigenvalue weighted by atomic mass is 10.1. The van der Waals surface area contributed by atoms with E-state index in [2.05, 4.69) is 25.2 Å². The molecule has 146 valence electrons. The Morgan fingerprint density at radius 1 is 1.18 bits per heavy atom.